The van der Waals surface area contributed by atoms with E-state index < -0.39 is 86.8 Å². The molecule has 2 heterocycles. The summed E-state index contributed by atoms with van der Waals surface area (Å²) in [6.45, 7) is 2.95. The largest absolute Gasteiger partial charge is 0.394 e. The molecule has 0 saturated carbocycles. The lowest BCUT2D eigenvalue weighted by Gasteiger charge is -2.46. The topological polar surface area (TPSA) is 228 Å². The zero-order valence-corrected chi connectivity index (χ0v) is 66.2. The molecule has 0 aromatic heterocycles. The van der Waals surface area contributed by atoms with Gasteiger partial charge in [0.2, 0.25) is 5.91 Å². The van der Waals surface area contributed by atoms with Gasteiger partial charge in [-0.3, -0.25) is 4.79 Å². The number of rotatable bonds is 77. The van der Waals surface area contributed by atoms with E-state index in [1.54, 1.807) is 0 Å². The van der Waals surface area contributed by atoms with Crippen LogP contribution in [-0.2, 0) is 23.7 Å². The molecule has 2 fully saturated rings. The first-order chi connectivity index (χ1) is 49.6. The summed E-state index contributed by atoms with van der Waals surface area (Å²) in [7, 11) is 0. The molecule has 0 spiro atoms. The lowest BCUT2D eigenvalue weighted by Crippen LogP contribution is -2.65. The van der Waals surface area contributed by atoms with E-state index in [1.165, 1.54) is 366 Å². The number of aliphatic hydroxyl groups is 8. The maximum Gasteiger partial charge on any atom is 0.220 e. The van der Waals surface area contributed by atoms with Crippen molar-refractivity contribution < 1.29 is 64.6 Å². The van der Waals surface area contributed by atoms with Crippen molar-refractivity contribution in [3.8, 4) is 0 Å². The average molecular weight is 1440 g/mol. The summed E-state index contributed by atoms with van der Waals surface area (Å²) < 4.78 is 23.0. The Labute approximate surface area is 622 Å². The van der Waals surface area contributed by atoms with Gasteiger partial charge in [-0.15, -0.1) is 0 Å². The highest BCUT2D eigenvalue weighted by molar-refractivity contribution is 5.76. The predicted octanol–water partition coefficient (Wildman–Crippen LogP) is 21.2. The lowest BCUT2D eigenvalue weighted by atomic mass is 9.97. The third-order valence-electron chi connectivity index (χ3n) is 22.2. The van der Waals surface area contributed by atoms with Crippen LogP contribution in [0.15, 0.2) is 12.2 Å². The Bertz CT molecular complexity index is 1740. The molecule has 12 unspecified atom stereocenters. The highest BCUT2D eigenvalue weighted by Gasteiger charge is 2.51. The van der Waals surface area contributed by atoms with Crippen molar-refractivity contribution in [1.82, 2.24) is 5.32 Å². The van der Waals surface area contributed by atoms with E-state index in [1.807, 2.05) is 0 Å². The van der Waals surface area contributed by atoms with Gasteiger partial charge >= 0.3 is 0 Å². The monoisotopic (exact) mass is 1440 g/mol. The van der Waals surface area contributed by atoms with Gasteiger partial charge in [0.15, 0.2) is 12.6 Å². The number of hydrogen-bond donors (Lipinski definition) is 9. The molecule has 101 heavy (non-hydrogen) atoms. The first-order valence-electron chi connectivity index (χ1n) is 44.4. The molecule has 2 rings (SSSR count). The third kappa shape index (κ3) is 54.1. The summed E-state index contributed by atoms with van der Waals surface area (Å²) in [5, 5.41) is 88.0. The normalized spacial score (nSPS) is 21.7. The van der Waals surface area contributed by atoms with E-state index in [0.717, 1.165) is 51.4 Å². The summed E-state index contributed by atoms with van der Waals surface area (Å²) in [5.41, 5.74) is 0. The number of nitrogens with one attached hydrogen (secondary N) is 1. The van der Waals surface area contributed by atoms with Crippen molar-refractivity contribution in [2.24, 2.45) is 0 Å². The van der Waals surface area contributed by atoms with Crippen LogP contribution >= 0.6 is 0 Å². The van der Waals surface area contributed by atoms with Crippen molar-refractivity contribution in [2.75, 3.05) is 19.8 Å². The fourth-order valence-corrected chi connectivity index (χ4v) is 15.2. The van der Waals surface area contributed by atoms with Crippen molar-refractivity contribution >= 4 is 5.91 Å². The van der Waals surface area contributed by atoms with Crippen molar-refractivity contribution in [3.63, 3.8) is 0 Å². The Morgan fingerprint density at radius 1 is 0.347 bits per heavy atom. The standard InChI is InChI=1S/C87H169NO13/c1-3-5-7-9-11-13-15-17-19-21-23-25-27-29-31-33-35-37-38-39-41-43-45-47-49-51-53-55-57-59-61-63-65-67-69-71-79(92)88-75(74-98-86-84(97)82(95)85(78(73-90)100-86)101-87-83(96)81(94)80(93)77(72-89)99-87)76(91)70-68-66-64-62-60-58-56-54-52-50-48-46-44-42-40-36-34-32-30-28-26-24-22-20-18-16-14-12-10-8-6-4-2/h21,23,75-78,80-87,89-91,93-97H,3-20,22,24-74H2,1-2H3,(H,88,92)/b23-21-. The van der Waals surface area contributed by atoms with Gasteiger partial charge in [0.1, 0.15) is 48.8 Å². The Balaban J connectivity index is 1.56. The Kier molecular flexibility index (Phi) is 68.0. The Morgan fingerprint density at radius 3 is 0.941 bits per heavy atom. The van der Waals surface area contributed by atoms with Crippen LogP contribution in [0.4, 0.5) is 0 Å². The maximum atomic E-state index is 13.4. The maximum absolute atomic E-state index is 13.4. The number of aliphatic hydroxyl groups excluding tert-OH is 8. The molecule has 0 aromatic rings. The van der Waals surface area contributed by atoms with Crippen LogP contribution < -0.4 is 5.32 Å². The lowest BCUT2D eigenvalue weighted by molar-refractivity contribution is -0.359. The van der Waals surface area contributed by atoms with E-state index in [0.29, 0.717) is 12.8 Å². The van der Waals surface area contributed by atoms with Crippen LogP contribution in [-0.4, -0.2) is 140 Å². The van der Waals surface area contributed by atoms with Crippen LogP contribution in [0, 0.1) is 0 Å². The molecule has 2 aliphatic heterocycles. The first-order valence-corrected chi connectivity index (χ1v) is 44.4. The van der Waals surface area contributed by atoms with Crippen molar-refractivity contribution in [3.05, 3.63) is 12.2 Å². The Hall–Kier alpha value is -1.27. The number of carbonyl (C=O) groups excluding carboxylic acids is 1. The zero-order chi connectivity index (χ0) is 73.0. The number of ether oxygens (including phenoxy) is 4. The Morgan fingerprint density at radius 2 is 0.624 bits per heavy atom. The molecule has 2 saturated heterocycles. The van der Waals surface area contributed by atoms with E-state index in [-0.39, 0.29) is 12.5 Å². The van der Waals surface area contributed by atoms with E-state index >= 15 is 0 Å². The fourth-order valence-electron chi connectivity index (χ4n) is 15.2. The molecule has 14 nitrogen and oxygen atoms in total. The molecule has 600 valence electrons. The average Bonchev–Trinajstić information content (AvgIpc) is 0.791. The van der Waals surface area contributed by atoms with Crippen molar-refractivity contribution in [2.45, 2.75) is 518 Å². The van der Waals surface area contributed by atoms with Crippen LogP contribution in [0.1, 0.15) is 444 Å². The summed E-state index contributed by atoms with van der Waals surface area (Å²) in [6.07, 6.45) is 75.7. The second-order valence-electron chi connectivity index (χ2n) is 31.7. The molecular weight excluding hydrogens is 1270 g/mol. The molecule has 0 aromatic carbocycles. The van der Waals surface area contributed by atoms with Gasteiger partial charge in [-0.2, -0.15) is 0 Å². The van der Waals surface area contributed by atoms with Crippen molar-refractivity contribution in [1.29, 1.82) is 0 Å². The summed E-state index contributed by atoms with van der Waals surface area (Å²) >= 11 is 0. The number of unbranched alkanes of at least 4 members (excludes halogenated alkanes) is 62. The van der Waals surface area contributed by atoms with E-state index in [9.17, 15) is 45.6 Å². The number of carbonyl (C=O) groups is 1. The number of allylic oxidation sites excluding steroid dienone is 2. The summed E-state index contributed by atoms with van der Waals surface area (Å²) in [4.78, 5) is 13.4. The molecule has 9 N–H and O–H groups in total. The fraction of sp³-hybridized carbons (Fsp3) is 0.966. The molecule has 0 aliphatic carbocycles. The zero-order valence-electron chi connectivity index (χ0n) is 66.2. The van der Waals surface area contributed by atoms with Gasteiger partial charge in [-0.1, -0.05) is 411 Å². The molecular formula is C87H169NO13. The highest BCUT2D eigenvalue weighted by Crippen LogP contribution is 2.31. The van der Waals surface area contributed by atoms with Gasteiger partial charge < -0.3 is 65.1 Å². The van der Waals surface area contributed by atoms with Gasteiger partial charge in [0.25, 0.3) is 0 Å². The molecule has 2 aliphatic rings. The minimum Gasteiger partial charge on any atom is -0.394 e. The first kappa shape index (κ1) is 95.8. The van der Waals surface area contributed by atoms with Gasteiger partial charge in [-0.05, 0) is 38.5 Å². The second kappa shape index (κ2) is 71.6. The summed E-state index contributed by atoms with van der Waals surface area (Å²) in [5.74, 6) is -0.195. The molecule has 12 atom stereocenters. The number of amides is 1. The summed E-state index contributed by atoms with van der Waals surface area (Å²) in [6, 6.07) is -0.827. The van der Waals surface area contributed by atoms with Gasteiger partial charge in [0.05, 0.1) is 32.0 Å². The third-order valence-corrected chi connectivity index (χ3v) is 22.2. The SMILES string of the molecule is CCCCCCCCCC/C=C\CCCCCCCCCCCCCCCCCCCCCCCCCC(=O)NC(COC1OC(CO)C(OC2OC(CO)C(O)C(O)C2O)C(O)C1O)C(O)CCCCCCCCCCCCCCCCCCCCCCCCCCCCCCCCCC. The van der Waals surface area contributed by atoms with Crippen LogP contribution in [0.5, 0.6) is 0 Å². The quantitative estimate of drug-likeness (QED) is 0.0204. The second-order valence-corrected chi connectivity index (χ2v) is 31.7. The smallest absolute Gasteiger partial charge is 0.220 e. The predicted molar refractivity (Wildman–Crippen MR) is 420 cm³/mol. The molecule has 0 radical (unpaired) electrons. The molecule has 14 heteroatoms. The van der Waals surface area contributed by atoms with Crippen LogP contribution in [0.2, 0.25) is 0 Å². The van der Waals surface area contributed by atoms with E-state index in [2.05, 4.69) is 31.3 Å². The highest BCUT2D eigenvalue weighted by atomic mass is 16.7. The van der Waals surface area contributed by atoms with Crippen LogP contribution in [0.25, 0.3) is 0 Å². The minimum atomic E-state index is -1.78. The molecule has 0 bridgehead atoms. The van der Waals surface area contributed by atoms with Gasteiger partial charge in [0, 0.05) is 6.42 Å². The minimum absolute atomic E-state index is 0.195. The van der Waals surface area contributed by atoms with Crippen LogP contribution in [0.3, 0.4) is 0 Å². The van der Waals surface area contributed by atoms with Gasteiger partial charge in [-0.25, -0.2) is 0 Å². The van der Waals surface area contributed by atoms with E-state index in [4.69, 9.17) is 18.9 Å². The molecule has 1 amide bonds. The number of hydrogen-bond acceptors (Lipinski definition) is 13.